The van der Waals surface area contributed by atoms with Gasteiger partial charge in [0.15, 0.2) is 0 Å². The molecule has 0 amide bonds. The molecule has 3 heteroatoms. The number of ether oxygens (including phenoxy) is 1. The van der Waals surface area contributed by atoms with E-state index in [0.29, 0.717) is 0 Å². The Hall–Kier alpha value is -2.29. The van der Waals surface area contributed by atoms with Gasteiger partial charge in [-0.05, 0) is 30.2 Å². The molecule has 0 saturated carbocycles. The molecule has 1 N–H and O–H groups in total. The Kier molecular flexibility index (Phi) is 3.42. The van der Waals surface area contributed by atoms with Crippen LogP contribution in [0, 0.1) is 0 Å². The summed E-state index contributed by atoms with van der Waals surface area (Å²) in [5.74, 6) is 1.86. The first-order valence-electron chi connectivity index (χ1n) is 6.78. The van der Waals surface area contributed by atoms with Gasteiger partial charge in [-0.3, -0.25) is 4.99 Å². The predicted molar refractivity (Wildman–Crippen MR) is 81.2 cm³/mol. The van der Waals surface area contributed by atoms with E-state index in [1.54, 1.807) is 7.11 Å². The number of nitrogens with one attached hydrogen (secondary N) is 1. The van der Waals surface area contributed by atoms with Crippen LogP contribution < -0.4 is 10.1 Å². The molecule has 0 spiro atoms. The van der Waals surface area contributed by atoms with Gasteiger partial charge in [0.05, 0.1) is 19.0 Å². The van der Waals surface area contributed by atoms with E-state index in [2.05, 4.69) is 41.7 Å². The first-order valence-corrected chi connectivity index (χ1v) is 6.78. The van der Waals surface area contributed by atoms with Crippen molar-refractivity contribution in [3.8, 4) is 5.75 Å². The fraction of sp³-hybridized carbons (Fsp3) is 0.235. The summed E-state index contributed by atoms with van der Waals surface area (Å²) in [6, 6.07) is 18.9. The van der Waals surface area contributed by atoms with Gasteiger partial charge in [-0.2, -0.15) is 0 Å². The molecule has 0 unspecified atom stereocenters. The lowest BCUT2D eigenvalue weighted by Gasteiger charge is -2.19. The lowest BCUT2D eigenvalue weighted by atomic mass is 9.95. The van der Waals surface area contributed by atoms with E-state index < -0.39 is 0 Å². The molecule has 0 aliphatic carbocycles. The molecule has 3 rings (SSSR count). The molecule has 3 nitrogen and oxygen atoms in total. The summed E-state index contributed by atoms with van der Waals surface area (Å²) in [5.41, 5.74) is 2.46. The largest absolute Gasteiger partial charge is 0.497 e. The average molecular weight is 266 g/mol. The van der Waals surface area contributed by atoms with Crippen LogP contribution in [0.1, 0.15) is 30.1 Å². The number of hydrogen-bond donors (Lipinski definition) is 1. The molecule has 1 aliphatic rings. The minimum atomic E-state index is 0.129. The number of hydrogen-bond acceptors (Lipinski definition) is 3. The molecule has 1 aliphatic heterocycles. The Balaban J connectivity index is 1.92. The van der Waals surface area contributed by atoms with Gasteiger partial charge in [0.1, 0.15) is 11.8 Å². The molecule has 1 heterocycles. The highest BCUT2D eigenvalue weighted by atomic mass is 16.5. The molecule has 2 atom stereocenters. The summed E-state index contributed by atoms with van der Waals surface area (Å²) in [4.78, 5) is 4.73. The highest BCUT2D eigenvalue weighted by molar-refractivity contribution is 5.82. The van der Waals surface area contributed by atoms with Crippen molar-refractivity contribution in [3.63, 3.8) is 0 Å². The van der Waals surface area contributed by atoms with Crippen LogP contribution in [0.2, 0.25) is 0 Å². The molecule has 102 valence electrons. The van der Waals surface area contributed by atoms with Crippen molar-refractivity contribution < 1.29 is 4.74 Å². The van der Waals surface area contributed by atoms with Crippen molar-refractivity contribution in [2.45, 2.75) is 19.0 Å². The Labute approximate surface area is 119 Å². The van der Waals surface area contributed by atoms with Crippen LogP contribution in [0.3, 0.4) is 0 Å². The SMILES string of the molecule is COc1ccc([C@@H]2NC(C)=N[C@@H]2c2ccccc2)cc1. The van der Waals surface area contributed by atoms with Crippen LogP contribution >= 0.6 is 0 Å². The van der Waals surface area contributed by atoms with E-state index in [9.17, 15) is 0 Å². The summed E-state index contributed by atoms with van der Waals surface area (Å²) in [6.07, 6.45) is 0. The van der Waals surface area contributed by atoms with E-state index in [0.717, 1.165) is 11.6 Å². The second-order valence-electron chi connectivity index (χ2n) is 4.97. The van der Waals surface area contributed by atoms with Gasteiger partial charge in [-0.25, -0.2) is 0 Å². The van der Waals surface area contributed by atoms with Crippen LogP contribution in [0.15, 0.2) is 59.6 Å². The smallest absolute Gasteiger partial charge is 0.118 e. The third kappa shape index (κ3) is 2.39. The van der Waals surface area contributed by atoms with Crippen molar-refractivity contribution in [1.82, 2.24) is 5.32 Å². The minimum Gasteiger partial charge on any atom is -0.497 e. The minimum absolute atomic E-state index is 0.129. The number of methoxy groups -OCH3 is 1. The normalized spacial score (nSPS) is 21.2. The standard InChI is InChI=1S/C17H18N2O/c1-12-18-16(13-6-4-3-5-7-13)17(19-12)14-8-10-15(20-2)11-9-14/h3-11,16-17H,1-2H3,(H,18,19)/t16-,17+/m1/s1. The van der Waals surface area contributed by atoms with Crippen LogP contribution in [0.5, 0.6) is 5.75 Å². The Morgan fingerprint density at radius 1 is 0.950 bits per heavy atom. The van der Waals surface area contributed by atoms with Gasteiger partial charge in [-0.1, -0.05) is 42.5 Å². The summed E-state index contributed by atoms with van der Waals surface area (Å²) in [7, 11) is 1.68. The zero-order valence-corrected chi connectivity index (χ0v) is 11.7. The highest BCUT2D eigenvalue weighted by Crippen LogP contribution is 2.36. The summed E-state index contributed by atoms with van der Waals surface area (Å²) in [6.45, 7) is 2.01. The zero-order valence-electron chi connectivity index (χ0n) is 11.7. The van der Waals surface area contributed by atoms with E-state index in [1.807, 2.05) is 25.1 Å². The second-order valence-corrected chi connectivity index (χ2v) is 4.97. The Morgan fingerprint density at radius 2 is 1.65 bits per heavy atom. The van der Waals surface area contributed by atoms with Gasteiger partial charge < -0.3 is 10.1 Å². The van der Waals surface area contributed by atoms with Gasteiger partial charge in [0.25, 0.3) is 0 Å². The van der Waals surface area contributed by atoms with Crippen LogP contribution in [0.25, 0.3) is 0 Å². The van der Waals surface area contributed by atoms with Crippen molar-refractivity contribution in [2.24, 2.45) is 4.99 Å². The van der Waals surface area contributed by atoms with Crippen molar-refractivity contribution >= 4 is 5.84 Å². The lowest BCUT2D eigenvalue weighted by molar-refractivity contribution is 0.414. The molecule has 0 aromatic heterocycles. The average Bonchev–Trinajstić information content (AvgIpc) is 2.90. The van der Waals surface area contributed by atoms with E-state index in [1.165, 1.54) is 11.1 Å². The van der Waals surface area contributed by atoms with Crippen molar-refractivity contribution in [1.29, 1.82) is 0 Å². The Bertz CT molecular complexity index is 605. The monoisotopic (exact) mass is 266 g/mol. The number of rotatable bonds is 3. The first-order chi connectivity index (χ1) is 9.78. The maximum Gasteiger partial charge on any atom is 0.118 e. The van der Waals surface area contributed by atoms with E-state index >= 15 is 0 Å². The highest BCUT2D eigenvalue weighted by Gasteiger charge is 2.29. The number of nitrogens with zero attached hydrogens (tertiary/aromatic N) is 1. The summed E-state index contributed by atoms with van der Waals surface area (Å²) >= 11 is 0. The second kappa shape index (κ2) is 5.37. The van der Waals surface area contributed by atoms with Crippen LogP contribution in [-0.2, 0) is 0 Å². The quantitative estimate of drug-likeness (QED) is 0.922. The topological polar surface area (TPSA) is 33.6 Å². The van der Waals surface area contributed by atoms with E-state index in [-0.39, 0.29) is 12.1 Å². The zero-order chi connectivity index (χ0) is 13.9. The first kappa shape index (κ1) is 12.7. The maximum absolute atomic E-state index is 5.22. The number of aliphatic imine (C=N–C) groups is 1. The fourth-order valence-electron chi connectivity index (χ4n) is 2.62. The molecule has 0 bridgehead atoms. The Morgan fingerprint density at radius 3 is 2.30 bits per heavy atom. The molecular formula is C17H18N2O. The fourth-order valence-corrected chi connectivity index (χ4v) is 2.62. The molecule has 20 heavy (non-hydrogen) atoms. The lowest BCUT2D eigenvalue weighted by Crippen LogP contribution is -2.22. The predicted octanol–water partition coefficient (Wildman–Crippen LogP) is 3.50. The number of benzene rings is 2. The molecule has 2 aromatic rings. The van der Waals surface area contributed by atoms with Crippen LogP contribution in [-0.4, -0.2) is 12.9 Å². The molecule has 0 radical (unpaired) electrons. The maximum atomic E-state index is 5.22. The van der Waals surface area contributed by atoms with Gasteiger partial charge in [0, 0.05) is 0 Å². The molecule has 2 aromatic carbocycles. The molecule has 0 fully saturated rings. The van der Waals surface area contributed by atoms with Crippen molar-refractivity contribution in [3.05, 3.63) is 65.7 Å². The molecule has 0 saturated heterocycles. The van der Waals surface area contributed by atoms with Crippen molar-refractivity contribution in [2.75, 3.05) is 7.11 Å². The summed E-state index contributed by atoms with van der Waals surface area (Å²) < 4.78 is 5.22. The summed E-state index contributed by atoms with van der Waals surface area (Å²) in [5, 5.41) is 3.47. The van der Waals surface area contributed by atoms with Gasteiger partial charge in [0.2, 0.25) is 0 Å². The van der Waals surface area contributed by atoms with Gasteiger partial charge in [-0.15, -0.1) is 0 Å². The third-order valence-electron chi connectivity index (χ3n) is 3.63. The van der Waals surface area contributed by atoms with Crippen LogP contribution in [0.4, 0.5) is 0 Å². The number of amidine groups is 1. The molecular weight excluding hydrogens is 248 g/mol. The van der Waals surface area contributed by atoms with Gasteiger partial charge >= 0.3 is 0 Å². The van der Waals surface area contributed by atoms with E-state index in [4.69, 9.17) is 9.73 Å². The third-order valence-corrected chi connectivity index (χ3v) is 3.63.